The number of nitrogens with zero attached hydrogens (tertiary/aromatic N) is 1. The second kappa shape index (κ2) is 12.2. The van der Waals surface area contributed by atoms with E-state index in [9.17, 15) is 14.7 Å². The predicted molar refractivity (Wildman–Crippen MR) is 142 cm³/mol. The van der Waals surface area contributed by atoms with E-state index in [0.29, 0.717) is 55.2 Å². The third kappa shape index (κ3) is 6.62. The number of halogens is 1. The van der Waals surface area contributed by atoms with Crippen molar-refractivity contribution in [2.45, 2.75) is 19.4 Å². The Labute approximate surface area is 214 Å². The van der Waals surface area contributed by atoms with Gasteiger partial charge in [-0.15, -0.1) is 0 Å². The van der Waals surface area contributed by atoms with Gasteiger partial charge in [-0.2, -0.15) is 5.10 Å². The molecule has 5 N–H and O–H groups in total. The summed E-state index contributed by atoms with van der Waals surface area (Å²) in [6.45, 7) is 2.30. The van der Waals surface area contributed by atoms with Crippen LogP contribution in [-0.2, 0) is 11.3 Å². The fourth-order valence-electron chi connectivity index (χ4n) is 3.90. The maximum absolute atomic E-state index is 12.1. The van der Waals surface area contributed by atoms with E-state index >= 15 is 0 Å². The first-order valence-electron chi connectivity index (χ1n) is 11.8. The molecule has 4 aromatic rings. The highest BCUT2D eigenvalue weighted by molar-refractivity contribution is 6.33. The van der Waals surface area contributed by atoms with E-state index in [4.69, 9.17) is 11.6 Å². The molecule has 0 radical (unpaired) electrons. The Hall–Kier alpha value is -3.88. The molecule has 3 aromatic carbocycles. The van der Waals surface area contributed by atoms with Crippen LogP contribution in [-0.4, -0.2) is 46.8 Å². The van der Waals surface area contributed by atoms with Crippen LogP contribution in [0.3, 0.4) is 0 Å². The van der Waals surface area contributed by atoms with Crippen molar-refractivity contribution in [3.05, 3.63) is 83.0 Å². The Morgan fingerprint density at radius 3 is 2.61 bits per heavy atom. The summed E-state index contributed by atoms with van der Waals surface area (Å²) < 4.78 is 0. The Kier molecular flexibility index (Phi) is 8.54. The fraction of sp³-hybridized carbons (Fsp3) is 0.222. The van der Waals surface area contributed by atoms with Crippen LogP contribution < -0.4 is 16.0 Å². The lowest BCUT2D eigenvalue weighted by Crippen LogP contribution is -2.29. The molecule has 1 amide bonds. The molecular formula is C27H28ClN5O3. The van der Waals surface area contributed by atoms with Gasteiger partial charge in [0.2, 0.25) is 5.91 Å². The number of aromatic amines is 1. The normalized spacial score (nSPS) is 10.9. The Balaban J connectivity index is 1.13. The number of hydrogen-bond acceptors (Lipinski definition) is 5. The highest BCUT2D eigenvalue weighted by Gasteiger charge is 2.10. The summed E-state index contributed by atoms with van der Waals surface area (Å²) in [7, 11) is 0. The minimum absolute atomic E-state index is 0.0231. The van der Waals surface area contributed by atoms with Crippen molar-refractivity contribution in [1.82, 2.24) is 20.8 Å². The number of carboxylic acids is 1. The molecule has 4 rings (SSSR count). The molecule has 36 heavy (non-hydrogen) atoms. The van der Waals surface area contributed by atoms with Crippen LogP contribution in [0.4, 0.5) is 5.69 Å². The van der Waals surface area contributed by atoms with Gasteiger partial charge in [-0.1, -0.05) is 54.1 Å². The number of rotatable bonds is 12. The average molecular weight is 506 g/mol. The number of anilines is 1. The molecule has 9 heteroatoms. The zero-order valence-corrected chi connectivity index (χ0v) is 20.4. The fourth-order valence-corrected chi connectivity index (χ4v) is 4.22. The largest absolute Gasteiger partial charge is 0.478 e. The van der Waals surface area contributed by atoms with E-state index in [1.54, 1.807) is 18.3 Å². The summed E-state index contributed by atoms with van der Waals surface area (Å²) in [6, 6.07) is 19.2. The molecule has 0 aliphatic heterocycles. The van der Waals surface area contributed by atoms with Crippen LogP contribution in [0.2, 0.25) is 5.02 Å². The number of amides is 1. The summed E-state index contributed by atoms with van der Waals surface area (Å²) in [5, 5.41) is 27.0. The summed E-state index contributed by atoms with van der Waals surface area (Å²) >= 11 is 6.47. The van der Waals surface area contributed by atoms with Crippen LogP contribution in [0, 0.1) is 0 Å². The molecule has 1 aromatic heterocycles. The lowest BCUT2D eigenvalue weighted by Gasteiger charge is -2.10. The molecule has 0 bridgehead atoms. The van der Waals surface area contributed by atoms with Gasteiger partial charge in [-0.25, -0.2) is 4.79 Å². The minimum atomic E-state index is -0.997. The Bertz CT molecular complexity index is 1340. The van der Waals surface area contributed by atoms with Crippen LogP contribution >= 0.6 is 11.6 Å². The number of H-pyrrole nitrogens is 1. The van der Waals surface area contributed by atoms with E-state index in [1.807, 2.05) is 48.5 Å². The summed E-state index contributed by atoms with van der Waals surface area (Å²) in [5.74, 6) is -1.02. The van der Waals surface area contributed by atoms with Gasteiger partial charge >= 0.3 is 5.97 Å². The van der Waals surface area contributed by atoms with Gasteiger partial charge in [-0.05, 0) is 35.7 Å². The summed E-state index contributed by atoms with van der Waals surface area (Å²) in [4.78, 5) is 23.5. The van der Waals surface area contributed by atoms with Gasteiger partial charge in [0, 0.05) is 54.3 Å². The zero-order chi connectivity index (χ0) is 25.3. The second-order valence-electron chi connectivity index (χ2n) is 8.40. The van der Waals surface area contributed by atoms with E-state index in [1.165, 1.54) is 0 Å². The minimum Gasteiger partial charge on any atom is -0.478 e. The van der Waals surface area contributed by atoms with E-state index in [0.717, 1.165) is 22.1 Å². The number of nitrogens with one attached hydrogen (secondary N) is 4. The van der Waals surface area contributed by atoms with Crippen LogP contribution in [0.25, 0.3) is 22.0 Å². The highest BCUT2D eigenvalue weighted by Crippen LogP contribution is 2.28. The molecule has 0 spiro atoms. The van der Waals surface area contributed by atoms with Crippen molar-refractivity contribution in [1.29, 1.82) is 0 Å². The summed E-state index contributed by atoms with van der Waals surface area (Å²) in [6.07, 6.45) is 2.73. The molecule has 0 unspecified atom stereocenters. The lowest BCUT2D eigenvalue weighted by atomic mass is 10.0. The number of carbonyl (C=O) groups is 2. The van der Waals surface area contributed by atoms with E-state index < -0.39 is 5.97 Å². The van der Waals surface area contributed by atoms with Crippen molar-refractivity contribution in [3.8, 4) is 11.1 Å². The van der Waals surface area contributed by atoms with Crippen molar-refractivity contribution in [3.63, 3.8) is 0 Å². The molecule has 0 saturated heterocycles. The van der Waals surface area contributed by atoms with Gasteiger partial charge in [0.15, 0.2) is 0 Å². The first-order chi connectivity index (χ1) is 17.5. The molecule has 1 heterocycles. The van der Waals surface area contributed by atoms with Crippen molar-refractivity contribution < 1.29 is 14.7 Å². The SMILES string of the molecule is O=C(CCNCc1ccc(-c2ccccc2)c(Cl)c1)NCCCNc1cc(C(=O)O)cc2[nH]ncc12. The molecule has 0 aliphatic rings. The quantitative estimate of drug-likeness (QED) is 0.178. The lowest BCUT2D eigenvalue weighted by molar-refractivity contribution is -0.121. The third-order valence-corrected chi connectivity index (χ3v) is 6.09. The molecular weight excluding hydrogens is 478 g/mol. The number of hydrogen-bond donors (Lipinski definition) is 5. The third-order valence-electron chi connectivity index (χ3n) is 5.77. The number of aromatic carboxylic acids is 1. The van der Waals surface area contributed by atoms with Crippen molar-refractivity contribution >= 4 is 40.1 Å². The molecule has 0 saturated carbocycles. The second-order valence-corrected chi connectivity index (χ2v) is 8.80. The van der Waals surface area contributed by atoms with E-state index in [2.05, 4.69) is 26.1 Å². The molecule has 8 nitrogen and oxygen atoms in total. The molecule has 0 fully saturated rings. The Morgan fingerprint density at radius 1 is 1.00 bits per heavy atom. The molecule has 186 valence electrons. The first kappa shape index (κ1) is 25.2. The van der Waals surface area contributed by atoms with Gasteiger partial charge in [0.1, 0.15) is 0 Å². The smallest absolute Gasteiger partial charge is 0.335 e. The number of carboxylic acid groups (broad SMARTS) is 1. The molecule has 0 aliphatic carbocycles. The predicted octanol–water partition coefficient (Wildman–Crippen LogP) is 4.68. The van der Waals surface area contributed by atoms with Crippen LogP contribution in [0.15, 0.2) is 66.9 Å². The van der Waals surface area contributed by atoms with Gasteiger partial charge in [0.05, 0.1) is 17.3 Å². The zero-order valence-electron chi connectivity index (χ0n) is 19.7. The van der Waals surface area contributed by atoms with Gasteiger partial charge in [-0.3, -0.25) is 9.89 Å². The van der Waals surface area contributed by atoms with Crippen LogP contribution in [0.5, 0.6) is 0 Å². The van der Waals surface area contributed by atoms with E-state index in [-0.39, 0.29) is 11.5 Å². The maximum Gasteiger partial charge on any atom is 0.335 e. The Morgan fingerprint density at radius 2 is 1.83 bits per heavy atom. The monoisotopic (exact) mass is 505 g/mol. The molecule has 0 atom stereocenters. The van der Waals surface area contributed by atoms with Crippen LogP contribution in [0.1, 0.15) is 28.8 Å². The number of carbonyl (C=O) groups excluding carboxylic acids is 1. The van der Waals surface area contributed by atoms with Crippen molar-refractivity contribution in [2.24, 2.45) is 0 Å². The van der Waals surface area contributed by atoms with Crippen molar-refractivity contribution in [2.75, 3.05) is 25.0 Å². The maximum atomic E-state index is 12.1. The first-order valence-corrected chi connectivity index (χ1v) is 12.1. The number of fused-ring (bicyclic) bond motifs is 1. The summed E-state index contributed by atoms with van der Waals surface area (Å²) in [5.41, 5.74) is 4.68. The van der Waals surface area contributed by atoms with Gasteiger partial charge in [0.25, 0.3) is 0 Å². The highest BCUT2D eigenvalue weighted by atomic mass is 35.5. The van der Waals surface area contributed by atoms with Gasteiger partial charge < -0.3 is 21.1 Å². The number of benzene rings is 3. The average Bonchev–Trinajstić information content (AvgIpc) is 3.36. The topological polar surface area (TPSA) is 119 Å². The number of aromatic nitrogens is 2. The standard InChI is InChI=1S/C27H28ClN5O3/c28-23-13-18(7-8-21(23)19-5-2-1-3-6-19)16-29-12-9-26(34)31-11-4-10-30-24-14-20(27(35)36)15-25-22(24)17-32-33-25/h1-3,5-8,13-15,17,29-30H,4,9-12,16H2,(H,31,34)(H,32,33)(H,35,36).